The maximum Gasteiger partial charge on any atom is 0.317 e. The van der Waals surface area contributed by atoms with Crippen LogP contribution in [0.4, 0.5) is 4.39 Å². The average molecular weight is 373 g/mol. The molecule has 1 aromatic carbocycles. The van der Waals surface area contributed by atoms with Gasteiger partial charge in [-0.1, -0.05) is 6.92 Å². The van der Waals surface area contributed by atoms with E-state index in [1.165, 1.54) is 12.1 Å². The van der Waals surface area contributed by atoms with E-state index in [1.54, 1.807) is 6.07 Å². The van der Waals surface area contributed by atoms with Crippen LogP contribution in [-0.4, -0.2) is 47.1 Å². The lowest BCUT2D eigenvalue weighted by Gasteiger charge is -2.42. The lowest BCUT2D eigenvalue weighted by atomic mass is 9.85. The molecular formula is C15H18BrFN2O3. The molecule has 7 heteroatoms. The standard InChI is InChI=1S/C15H18BrFN2O3/c1-2-19(8-14(20)21)11-6-10(7-11)18-15(22)9-3-4-12(16)13(17)5-9/h3-5,10-11H,2,6-8H2,1H3,(H,18,22)(H,20,21). The van der Waals surface area contributed by atoms with Crippen molar-refractivity contribution in [3.63, 3.8) is 0 Å². The highest BCUT2D eigenvalue weighted by Gasteiger charge is 2.34. The second-order valence-corrected chi connectivity index (χ2v) is 6.24. The van der Waals surface area contributed by atoms with Crippen molar-refractivity contribution in [3.8, 4) is 0 Å². The van der Waals surface area contributed by atoms with Crippen molar-refractivity contribution in [2.45, 2.75) is 31.8 Å². The second kappa shape index (κ2) is 7.19. The minimum atomic E-state index is -0.848. The summed E-state index contributed by atoms with van der Waals surface area (Å²) < 4.78 is 13.7. The highest BCUT2D eigenvalue weighted by atomic mass is 79.9. The fourth-order valence-corrected chi connectivity index (χ4v) is 2.83. The van der Waals surface area contributed by atoms with Gasteiger partial charge in [-0.2, -0.15) is 0 Å². The number of carboxylic acids is 1. The summed E-state index contributed by atoms with van der Waals surface area (Å²) in [5.74, 6) is -1.63. The van der Waals surface area contributed by atoms with Crippen LogP contribution in [0.2, 0.25) is 0 Å². The number of hydrogen-bond donors (Lipinski definition) is 2. The molecule has 1 aromatic rings. The van der Waals surface area contributed by atoms with E-state index in [4.69, 9.17) is 5.11 Å². The van der Waals surface area contributed by atoms with E-state index in [-0.39, 0.29) is 30.1 Å². The van der Waals surface area contributed by atoms with Crippen LogP contribution in [0.25, 0.3) is 0 Å². The van der Waals surface area contributed by atoms with Crippen LogP contribution in [0.3, 0.4) is 0 Å². The molecule has 1 aliphatic carbocycles. The van der Waals surface area contributed by atoms with Gasteiger partial charge < -0.3 is 10.4 Å². The Morgan fingerprint density at radius 3 is 2.68 bits per heavy atom. The fourth-order valence-electron chi connectivity index (χ4n) is 2.58. The van der Waals surface area contributed by atoms with Gasteiger partial charge in [0, 0.05) is 17.6 Å². The van der Waals surface area contributed by atoms with Gasteiger partial charge >= 0.3 is 5.97 Å². The van der Waals surface area contributed by atoms with E-state index in [9.17, 15) is 14.0 Å². The molecule has 0 radical (unpaired) electrons. The zero-order chi connectivity index (χ0) is 16.3. The predicted octanol–water partition coefficient (Wildman–Crippen LogP) is 2.26. The normalized spacial score (nSPS) is 20.5. The van der Waals surface area contributed by atoms with Crippen molar-refractivity contribution in [1.29, 1.82) is 0 Å². The molecule has 0 saturated heterocycles. The maximum absolute atomic E-state index is 13.4. The Morgan fingerprint density at radius 1 is 1.45 bits per heavy atom. The van der Waals surface area contributed by atoms with Crippen molar-refractivity contribution in [3.05, 3.63) is 34.1 Å². The maximum atomic E-state index is 13.4. The molecule has 1 fully saturated rings. The van der Waals surface area contributed by atoms with Gasteiger partial charge in [0.25, 0.3) is 5.91 Å². The van der Waals surface area contributed by atoms with Gasteiger partial charge in [0.15, 0.2) is 0 Å². The van der Waals surface area contributed by atoms with E-state index in [0.29, 0.717) is 23.9 Å². The number of amides is 1. The number of aliphatic carboxylic acids is 1. The third-order valence-electron chi connectivity index (χ3n) is 3.89. The first kappa shape index (κ1) is 16.9. The van der Waals surface area contributed by atoms with Gasteiger partial charge in [0.05, 0.1) is 11.0 Å². The fraction of sp³-hybridized carbons (Fsp3) is 0.467. The minimum Gasteiger partial charge on any atom is -0.480 e. The number of benzene rings is 1. The molecule has 120 valence electrons. The van der Waals surface area contributed by atoms with Gasteiger partial charge in [-0.15, -0.1) is 0 Å². The first-order valence-electron chi connectivity index (χ1n) is 7.12. The summed E-state index contributed by atoms with van der Waals surface area (Å²) in [7, 11) is 0. The third kappa shape index (κ3) is 4.04. The molecule has 0 aromatic heterocycles. The topological polar surface area (TPSA) is 69.6 Å². The summed E-state index contributed by atoms with van der Waals surface area (Å²) in [6, 6.07) is 4.43. The number of likely N-dealkylation sites (N-methyl/N-ethyl adjacent to an activating group) is 1. The van der Waals surface area contributed by atoms with Crippen LogP contribution in [0, 0.1) is 5.82 Å². The Bertz CT molecular complexity index is 576. The van der Waals surface area contributed by atoms with Crippen LogP contribution < -0.4 is 5.32 Å². The quantitative estimate of drug-likeness (QED) is 0.803. The van der Waals surface area contributed by atoms with Crippen LogP contribution in [0.1, 0.15) is 30.1 Å². The molecule has 2 N–H and O–H groups in total. The lowest BCUT2D eigenvalue weighted by molar-refractivity contribution is -0.139. The Morgan fingerprint density at radius 2 is 2.14 bits per heavy atom. The molecule has 0 spiro atoms. The van der Waals surface area contributed by atoms with Gasteiger partial charge in [0.2, 0.25) is 0 Å². The van der Waals surface area contributed by atoms with Crippen LogP contribution >= 0.6 is 15.9 Å². The Balaban J connectivity index is 1.85. The monoisotopic (exact) mass is 372 g/mol. The molecule has 1 saturated carbocycles. The zero-order valence-electron chi connectivity index (χ0n) is 12.2. The zero-order valence-corrected chi connectivity index (χ0v) is 13.8. The SMILES string of the molecule is CCN(CC(=O)O)C1CC(NC(=O)c2ccc(Br)c(F)c2)C1. The third-order valence-corrected chi connectivity index (χ3v) is 4.53. The molecule has 0 aliphatic heterocycles. The summed E-state index contributed by atoms with van der Waals surface area (Å²) in [6.45, 7) is 2.59. The van der Waals surface area contributed by atoms with E-state index in [1.807, 2.05) is 11.8 Å². The largest absolute Gasteiger partial charge is 0.480 e. The molecule has 1 aliphatic rings. The molecule has 2 rings (SSSR count). The van der Waals surface area contributed by atoms with Crippen LogP contribution in [-0.2, 0) is 4.79 Å². The van der Waals surface area contributed by atoms with E-state index in [2.05, 4.69) is 21.2 Å². The first-order valence-corrected chi connectivity index (χ1v) is 7.91. The van der Waals surface area contributed by atoms with Crippen molar-refractivity contribution in [2.75, 3.05) is 13.1 Å². The van der Waals surface area contributed by atoms with Crippen molar-refractivity contribution in [2.24, 2.45) is 0 Å². The molecule has 0 bridgehead atoms. The second-order valence-electron chi connectivity index (χ2n) is 5.38. The summed E-state index contributed by atoms with van der Waals surface area (Å²) >= 11 is 3.05. The Hall–Kier alpha value is -1.47. The van der Waals surface area contributed by atoms with Crippen LogP contribution in [0.15, 0.2) is 22.7 Å². The molecule has 0 unspecified atom stereocenters. The van der Waals surface area contributed by atoms with E-state index >= 15 is 0 Å². The molecule has 22 heavy (non-hydrogen) atoms. The van der Waals surface area contributed by atoms with Crippen LogP contribution in [0.5, 0.6) is 0 Å². The summed E-state index contributed by atoms with van der Waals surface area (Å²) in [6.07, 6.45) is 1.43. The number of nitrogens with zero attached hydrogens (tertiary/aromatic N) is 1. The molecule has 5 nitrogen and oxygen atoms in total. The predicted molar refractivity (Wildman–Crippen MR) is 83.3 cm³/mol. The van der Waals surface area contributed by atoms with Crippen molar-refractivity contribution >= 4 is 27.8 Å². The minimum absolute atomic E-state index is 0.00653. The van der Waals surface area contributed by atoms with Gasteiger partial charge in [-0.3, -0.25) is 14.5 Å². The van der Waals surface area contributed by atoms with E-state index < -0.39 is 11.8 Å². The number of carboxylic acid groups (broad SMARTS) is 1. The van der Waals surface area contributed by atoms with Crippen molar-refractivity contribution in [1.82, 2.24) is 10.2 Å². The lowest BCUT2D eigenvalue weighted by Crippen LogP contribution is -2.54. The molecular weight excluding hydrogens is 355 g/mol. The first-order chi connectivity index (χ1) is 10.4. The van der Waals surface area contributed by atoms with E-state index in [0.717, 1.165) is 0 Å². The Kier molecular flexibility index (Phi) is 5.52. The molecule has 0 atom stereocenters. The number of carbonyl (C=O) groups excluding carboxylic acids is 1. The highest BCUT2D eigenvalue weighted by Crippen LogP contribution is 2.26. The van der Waals surface area contributed by atoms with Gasteiger partial charge in [-0.25, -0.2) is 4.39 Å². The number of nitrogens with one attached hydrogen (secondary N) is 1. The number of rotatable bonds is 6. The van der Waals surface area contributed by atoms with Gasteiger partial charge in [0.1, 0.15) is 5.82 Å². The summed E-state index contributed by atoms with van der Waals surface area (Å²) in [5, 5.41) is 11.7. The van der Waals surface area contributed by atoms with Crippen molar-refractivity contribution < 1.29 is 19.1 Å². The summed E-state index contributed by atoms with van der Waals surface area (Å²) in [5.41, 5.74) is 0.280. The smallest absolute Gasteiger partial charge is 0.317 e. The molecule has 1 amide bonds. The average Bonchev–Trinajstić information content (AvgIpc) is 2.42. The number of halogens is 2. The number of hydrogen-bond acceptors (Lipinski definition) is 3. The molecule has 0 heterocycles. The van der Waals surface area contributed by atoms with Gasteiger partial charge in [-0.05, 0) is 53.5 Å². The summed E-state index contributed by atoms with van der Waals surface area (Å²) in [4.78, 5) is 24.7. The highest BCUT2D eigenvalue weighted by molar-refractivity contribution is 9.10. The number of carbonyl (C=O) groups is 2. The Labute approximate surface area is 136 Å².